The van der Waals surface area contributed by atoms with E-state index in [9.17, 15) is 8.42 Å². The lowest BCUT2D eigenvalue weighted by Gasteiger charge is -2.13. The summed E-state index contributed by atoms with van der Waals surface area (Å²) in [4.78, 5) is 2.15. The van der Waals surface area contributed by atoms with Crippen LogP contribution in [0.5, 0.6) is 0 Å². The summed E-state index contributed by atoms with van der Waals surface area (Å²) in [5.74, 6) is 0. The normalized spacial score (nSPS) is 11.5. The van der Waals surface area contributed by atoms with Gasteiger partial charge in [0, 0.05) is 13.6 Å². The zero-order chi connectivity index (χ0) is 24.3. The molecule has 0 fully saturated rings. The molecule has 7 nitrogen and oxygen atoms in total. The molecule has 2 N–H and O–H groups in total. The first kappa shape index (κ1) is 33.5. The maximum absolute atomic E-state index is 9.33. The Balaban J connectivity index is 0. The van der Waals surface area contributed by atoms with E-state index in [1.807, 2.05) is 0 Å². The summed E-state index contributed by atoms with van der Waals surface area (Å²) in [6, 6.07) is 0. The molecule has 0 spiro atoms. The molecular formula is C24H51NO6S. The van der Waals surface area contributed by atoms with Gasteiger partial charge in [-0.25, -0.2) is 0 Å². The monoisotopic (exact) mass is 481 g/mol. The second-order valence-electron chi connectivity index (χ2n) is 8.18. The molecule has 0 saturated heterocycles. The Kier molecular flexibility index (Phi) is 27.8. The first-order valence-corrected chi connectivity index (χ1v) is 13.8. The number of aliphatic hydroxyl groups is 1. The average Bonchev–Trinajstić information content (AvgIpc) is 2.76. The number of hydrogen-bond donors (Lipinski definition) is 2. The second-order valence-corrected chi connectivity index (χ2v) is 9.37. The van der Waals surface area contributed by atoms with Crippen molar-refractivity contribution in [3.63, 3.8) is 0 Å². The molecule has 0 aromatic rings. The lowest BCUT2D eigenvalue weighted by Crippen LogP contribution is -2.18. The summed E-state index contributed by atoms with van der Waals surface area (Å²) in [7, 11) is -1.22. The summed E-state index contributed by atoms with van der Waals surface area (Å²) < 4.78 is 35.0. The van der Waals surface area contributed by atoms with Crippen molar-refractivity contribution in [2.75, 3.05) is 40.5 Å². The quantitative estimate of drug-likeness (QED) is 0.150. The fourth-order valence-electron chi connectivity index (χ4n) is 3.16. The molecule has 0 aliphatic carbocycles. The minimum absolute atomic E-state index is 0.110. The first-order chi connectivity index (χ1) is 15.4. The van der Waals surface area contributed by atoms with Crippen LogP contribution < -0.4 is 0 Å². The Morgan fingerprint density at radius 1 is 0.812 bits per heavy atom. The molecule has 0 aromatic heterocycles. The third-order valence-corrected chi connectivity index (χ3v) is 5.54. The molecule has 0 atom stereocenters. The summed E-state index contributed by atoms with van der Waals surface area (Å²) in [5.41, 5.74) is 0. The third-order valence-electron chi connectivity index (χ3n) is 5.12. The van der Waals surface area contributed by atoms with Crippen LogP contribution in [0, 0.1) is 0 Å². The van der Waals surface area contributed by atoms with Crippen LogP contribution in [-0.4, -0.2) is 63.5 Å². The summed E-state index contributed by atoms with van der Waals surface area (Å²) >= 11 is 0. The van der Waals surface area contributed by atoms with Crippen LogP contribution in [0.4, 0.5) is 0 Å². The van der Waals surface area contributed by atoms with Crippen molar-refractivity contribution >= 4 is 10.4 Å². The highest BCUT2D eigenvalue weighted by Crippen LogP contribution is 2.13. The van der Waals surface area contributed by atoms with Gasteiger partial charge in [-0.1, -0.05) is 96.5 Å². The number of hydrogen-bond acceptors (Lipinski definition) is 6. The van der Waals surface area contributed by atoms with E-state index >= 15 is 0 Å². The molecular weight excluding hydrogens is 430 g/mol. The first-order valence-electron chi connectivity index (χ1n) is 12.5. The van der Waals surface area contributed by atoms with Gasteiger partial charge in [0.2, 0.25) is 0 Å². The topological polar surface area (TPSA) is 96.3 Å². The molecule has 0 unspecified atom stereocenters. The molecule has 0 aliphatic heterocycles. The van der Waals surface area contributed by atoms with Gasteiger partial charge in [0.1, 0.15) is 0 Å². The molecule has 0 bridgehead atoms. The van der Waals surface area contributed by atoms with Crippen LogP contribution in [0.1, 0.15) is 103 Å². The smallest absolute Gasteiger partial charge is 0.394 e. The molecule has 0 saturated carbocycles. The van der Waals surface area contributed by atoms with Gasteiger partial charge in [-0.2, -0.15) is 8.42 Å². The zero-order valence-corrected chi connectivity index (χ0v) is 21.8. The molecule has 0 aliphatic rings. The minimum Gasteiger partial charge on any atom is -0.394 e. The van der Waals surface area contributed by atoms with Crippen LogP contribution in [0.3, 0.4) is 0 Å². The fourth-order valence-corrected chi connectivity index (χ4v) is 3.16. The highest BCUT2D eigenvalue weighted by Gasteiger charge is 1.95. The van der Waals surface area contributed by atoms with E-state index in [1.165, 1.54) is 96.3 Å². The maximum atomic E-state index is 9.33. The van der Waals surface area contributed by atoms with Crippen LogP contribution in [-0.2, 0) is 19.3 Å². The van der Waals surface area contributed by atoms with E-state index in [-0.39, 0.29) is 6.61 Å². The van der Waals surface area contributed by atoms with Crippen molar-refractivity contribution < 1.29 is 27.0 Å². The number of ether oxygens (including phenoxy) is 1. The average molecular weight is 482 g/mol. The largest absolute Gasteiger partial charge is 0.397 e. The van der Waals surface area contributed by atoms with Crippen molar-refractivity contribution in [3.8, 4) is 0 Å². The molecule has 0 radical (unpaired) electrons. The molecule has 0 amide bonds. The SMILES string of the molecule is CCCCCCCCCCCCCCCCC=CN(C)CCOCCO.COS(=O)(=O)O. The predicted octanol–water partition coefficient (Wildman–Crippen LogP) is 5.75. The van der Waals surface area contributed by atoms with Gasteiger partial charge in [-0.05, 0) is 19.0 Å². The highest BCUT2D eigenvalue weighted by molar-refractivity contribution is 7.80. The number of likely N-dealkylation sites (N-methyl/N-ethyl adjacent to an activating group) is 1. The lowest BCUT2D eigenvalue weighted by molar-refractivity contribution is 0.0844. The Hall–Kier alpha value is -0.670. The molecule has 32 heavy (non-hydrogen) atoms. The van der Waals surface area contributed by atoms with Crippen molar-refractivity contribution in [1.29, 1.82) is 0 Å². The van der Waals surface area contributed by atoms with Crippen molar-refractivity contribution in [2.24, 2.45) is 0 Å². The van der Waals surface area contributed by atoms with E-state index in [4.69, 9.17) is 14.4 Å². The van der Waals surface area contributed by atoms with Crippen LogP contribution in [0.15, 0.2) is 12.3 Å². The number of rotatable bonds is 22. The lowest BCUT2D eigenvalue weighted by atomic mass is 10.0. The van der Waals surface area contributed by atoms with Crippen molar-refractivity contribution in [3.05, 3.63) is 12.3 Å². The number of nitrogens with zero attached hydrogens (tertiary/aromatic N) is 1. The van der Waals surface area contributed by atoms with Crippen molar-refractivity contribution in [1.82, 2.24) is 4.90 Å². The molecule has 0 heterocycles. The van der Waals surface area contributed by atoms with Gasteiger partial charge in [0.05, 0.1) is 26.9 Å². The standard InChI is InChI=1S/C23H47NO2.CH4O4S/c1-3-4-5-6-7-8-9-10-11-12-13-14-15-16-17-18-19-24(2)20-22-26-23-21-25;1-5-6(2,3)4/h18-19,25H,3-17,20-23H2,1-2H3;1H3,(H,2,3,4). The fraction of sp³-hybridized carbons (Fsp3) is 0.917. The molecule has 0 rings (SSSR count). The minimum atomic E-state index is -4.16. The van der Waals surface area contributed by atoms with Gasteiger partial charge in [0.15, 0.2) is 0 Å². The Bertz CT molecular complexity index is 485. The van der Waals surface area contributed by atoms with Gasteiger partial charge in [0.25, 0.3) is 0 Å². The zero-order valence-electron chi connectivity index (χ0n) is 21.0. The highest BCUT2D eigenvalue weighted by atomic mass is 32.3. The molecule has 194 valence electrons. The van der Waals surface area contributed by atoms with Crippen LogP contribution in [0.2, 0.25) is 0 Å². The maximum Gasteiger partial charge on any atom is 0.397 e. The van der Waals surface area contributed by atoms with Crippen molar-refractivity contribution in [2.45, 2.75) is 103 Å². The van der Waals surface area contributed by atoms with Crippen LogP contribution in [0.25, 0.3) is 0 Å². The van der Waals surface area contributed by atoms with E-state index in [0.29, 0.717) is 13.2 Å². The number of unbranched alkanes of at least 4 members (excludes halogenated alkanes) is 14. The van der Waals surface area contributed by atoms with Gasteiger partial charge < -0.3 is 14.7 Å². The van der Waals surface area contributed by atoms with E-state index < -0.39 is 10.4 Å². The van der Waals surface area contributed by atoms with E-state index in [1.54, 1.807) is 0 Å². The summed E-state index contributed by atoms with van der Waals surface area (Å²) in [6.45, 7) is 4.40. The van der Waals surface area contributed by atoms with Crippen LogP contribution >= 0.6 is 0 Å². The third kappa shape index (κ3) is 34.0. The Morgan fingerprint density at radius 3 is 1.66 bits per heavy atom. The summed E-state index contributed by atoms with van der Waals surface area (Å²) in [5, 5.41) is 8.64. The Labute approximate surface area is 198 Å². The van der Waals surface area contributed by atoms with Gasteiger partial charge in [-0.15, -0.1) is 0 Å². The summed E-state index contributed by atoms with van der Waals surface area (Å²) in [6.07, 6.45) is 25.5. The van der Waals surface area contributed by atoms with E-state index in [0.717, 1.165) is 13.7 Å². The predicted molar refractivity (Wildman–Crippen MR) is 133 cm³/mol. The van der Waals surface area contributed by atoms with Gasteiger partial charge >= 0.3 is 10.4 Å². The second kappa shape index (κ2) is 26.6. The van der Waals surface area contributed by atoms with E-state index in [2.05, 4.69) is 35.3 Å². The molecule has 8 heteroatoms. The number of aliphatic hydroxyl groups excluding tert-OH is 1. The van der Waals surface area contributed by atoms with Gasteiger partial charge in [-0.3, -0.25) is 8.74 Å². The number of allylic oxidation sites excluding steroid dienone is 1. The molecule has 0 aromatic carbocycles. The Morgan fingerprint density at radius 2 is 1.25 bits per heavy atom.